The lowest BCUT2D eigenvalue weighted by Crippen LogP contribution is -2.58. The molecule has 0 aromatic heterocycles. The fourth-order valence-electron chi connectivity index (χ4n) is 7.84. The van der Waals surface area contributed by atoms with Crippen molar-refractivity contribution in [3.05, 3.63) is 11.6 Å². The Morgan fingerprint density at radius 2 is 1.82 bits per heavy atom. The van der Waals surface area contributed by atoms with Crippen LogP contribution in [0, 0.1) is 28.6 Å². The summed E-state index contributed by atoms with van der Waals surface area (Å²) in [6, 6.07) is 0. The van der Waals surface area contributed by atoms with E-state index in [1.54, 1.807) is 0 Å². The minimum absolute atomic E-state index is 0.0116. The lowest BCUT2D eigenvalue weighted by molar-refractivity contribution is -0.246. The van der Waals surface area contributed by atoms with Crippen LogP contribution in [0.4, 0.5) is 0 Å². The number of carbonyl (C=O) groups excluding carboxylic acids is 1. The van der Waals surface area contributed by atoms with E-state index in [2.05, 4.69) is 19.9 Å². The van der Waals surface area contributed by atoms with Crippen LogP contribution in [-0.4, -0.2) is 42.3 Å². The number of rotatable bonds is 1. The Bertz CT molecular complexity index is 695. The zero-order valence-electron chi connectivity index (χ0n) is 17.4. The Morgan fingerprint density at radius 3 is 2.54 bits per heavy atom. The highest BCUT2D eigenvalue weighted by molar-refractivity contribution is 5.66. The smallest absolute Gasteiger partial charge is 0.302 e. The molecule has 28 heavy (non-hydrogen) atoms. The van der Waals surface area contributed by atoms with E-state index in [-0.39, 0.29) is 28.8 Å². The molecule has 7 atom stereocenters. The van der Waals surface area contributed by atoms with E-state index in [4.69, 9.17) is 14.2 Å². The number of aliphatic hydroxyl groups is 1. The first-order valence-electron chi connectivity index (χ1n) is 11.1. The van der Waals surface area contributed by atoms with E-state index in [0.29, 0.717) is 25.0 Å². The number of ether oxygens (including phenoxy) is 3. The molecule has 3 saturated carbocycles. The third kappa shape index (κ3) is 2.45. The van der Waals surface area contributed by atoms with Gasteiger partial charge in [-0.3, -0.25) is 4.79 Å². The maximum Gasteiger partial charge on any atom is 0.302 e. The number of aliphatic hydroxyl groups excluding tert-OH is 1. The van der Waals surface area contributed by atoms with Crippen molar-refractivity contribution in [2.45, 2.75) is 83.7 Å². The van der Waals surface area contributed by atoms with Crippen LogP contribution in [0.1, 0.15) is 65.7 Å². The SMILES string of the molecule is CC(=O)O[C@@H]1CC[C@@]2(C)C(=C[C@H](O)[C@@H]3[C@@H]2CC[C@@]2(C)[C@H]3CCC23OCCO3)C1. The Labute approximate surface area is 167 Å². The molecule has 1 saturated heterocycles. The fourth-order valence-corrected chi connectivity index (χ4v) is 7.84. The van der Waals surface area contributed by atoms with Gasteiger partial charge in [-0.15, -0.1) is 0 Å². The molecule has 0 unspecified atom stereocenters. The number of hydrogen-bond donors (Lipinski definition) is 1. The molecule has 1 N–H and O–H groups in total. The van der Waals surface area contributed by atoms with Gasteiger partial charge in [0.25, 0.3) is 0 Å². The first kappa shape index (κ1) is 19.1. The molecule has 1 aliphatic heterocycles. The predicted molar refractivity (Wildman–Crippen MR) is 103 cm³/mol. The standard InChI is InChI=1S/C23H34O5/c1-14(24)28-16-4-7-21(2)15(12-16)13-19(25)20-17(21)5-8-22(3)18(20)6-9-23(22)26-10-11-27-23/h13,16-20,25H,4-12H2,1-3H3/t16-,17+,18+,19+,20-,21+,22+/m1/s1. The van der Waals surface area contributed by atoms with Crippen molar-refractivity contribution in [2.24, 2.45) is 28.6 Å². The van der Waals surface area contributed by atoms with Crippen LogP contribution in [0.15, 0.2) is 11.6 Å². The maximum atomic E-state index is 11.4. The molecule has 0 bridgehead atoms. The molecular weight excluding hydrogens is 356 g/mol. The molecule has 0 aromatic carbocycles. The Balaban J connectivity index is 1.46. The molecule has 156 valence electrons. The lowest BCUT2D eigenvalue weighted by Gasteiger charge is -2.59. The summed E-state index contributed by atoms with van der Waals surface area (Å²) in [7, 11) is 0. The molecule has 1 spiro atoms. The summed E-state index contributed by atoms with van der Waals surface area (Å²) >= 11 is 0. The molecule has 0 amide bonds. The Kier molecular flexibility index (Phi) is 4.29. The lowest BCUT2D eigenvalue weighted by atomic mass is 9.47. The molecular formula is C23H34O5. The average molecular weight is 391 g/mol. The van der Waals surface area contributed by atoms with E-state index < -0.39 is 11.9 Å². The third-order valence-corrected chi connectivity index (χ3v) is 9.21. The molecule has 0 radical (unpaired) electrons. The molecule has 5 rings (SSSR count). The third-order valence-electron chi connectivity index (χ3n) is 9.21. The van der Waals surface area contributed by atoms with Gasteiger partial charge >= 0.3 is 5.97 Å². The topological polar surface area (TPSA) is 65.0 Å². The molecule has 4 fully saturated rings. The summed E-state index contributed by atoms with van der Waals surface area (Å²) in [6.07, 6.45) is 8.61. The first-order valence-corrected chi connectivity index (χ1v) is 11.1. The van der Waals surface area contributed by atoms with E-state index in [9.17, 15) is 9.90 Å². The van der Waals surface area contributed by atoms with E-state index in [1.807, 2.05) is 0 Å². The maximum absolute atomic E-state index is 11.4. The molecule has 5 nitrogen and oxygen atoms in total. The first-order chi connectivity index (χ1) is 13.3. The van der Waals surface area contributed by atoms with Gasteiger partial charge in [0.15, 0.2) is 5.79 Å². The van der Waals surface area contributed by atoms with Crippen molar-refractivity contribution in [3.8, 4) is 0 Å². The van der Waals surface area contributed by atoms with Crippen molar-refractivity contribution in [1.82, 2.24) is 0 Å². The molecule has 4 aliphatic carbocycles. The normalized spacial score (nSPS) is 49.1. The van der Waals surface area contributed by atoms with Crippen LogP contribution in [0.2, 0.25) is 0 Å². The van der Waals surface area contributed by atoms with Crippen LogP contribution < -0.4 is 0 Å². The fraction of sp³-hybridized carbons (Fsp3) is 0.870. The van der Waals surface area contributed by atoms with Crippen LogP contribution in [-0.2, 0) is 19.0 Å². The summed E-state index contributed by atoms with van der Waals surface area (Å²) in [5.41, 5.74) is 1.40. The molecule has 5 aliphatic rings. The van der Waals surface area contributed by atoms with Crippen molar-refractivity contribution in [3.63, 3.8) is 0 Å². The largest absolute Gasteiger partial charge is 0.462 e. The van der Waals surface area contributed by atoms with Crippen molar-refractivity contribution < 1.29 is 24.1 Å². The molecule has 0 aromatic rings. The van der Waals surface area contributed by atoms with Crippen LogP contribution in [0.5, 0.6) is 0 Å². The summed E-state index contributed by atoms with van der Waals surface area (Å²) in [5, 5.41) is 11.3. The summed E-state index contributed by atoms with van der Waals surface area (Å²) in [6.45, 7) is 7.61. The highest BCUT2D eigenvalue weighted by Gasteiger charge is 2.67. The van der Waals surface area contributed by atoms with E-state index in [1.165, 1.54) is 12.5 Å². The Hall–Kier alpha value is -0.910. The van der Waals surface area contributed by atoms with E-state index >= 15 is 0 Å². The van der Waals surface area contributed by atoms with Crippen molar-refractivity contribution in [1.29, 1.82) is 0 Å². The van der Waals surface area contributed by atoms with Gasteiger partial charge in [-0.1, -0.05) is 25.5 Å². The van der Waals surface area contributed by atoms with Crippen molar-refractivity contribution in [2.75, 3.05) is 13.2 Å². The van der Waals surface area contributed by atoms with Gasteiger partial charge in [0.2, 0.25) is 0 Å². The second-order valence-corrected chi connectivity index (χ2v) is 10.3. The number of hydrogen-bond acceptors (Lipinski definition) is 5. The van der Waals surface area contributed by atoms with Gasteiger partial charge in [-0.25, -0.2) is 0 Å². The van der Waals surface area contributed by atoms with Gasteiger partial charge < -0.3 is 19.3 Å². The zero-order chi connectivity index (χ0) is 19.7. The molecule has 1 heterocycles. The molecule has 5 heteroatoms. The van der Waals surface area contributed by atoms with Crippen molar-refractivity contribution >= 4 is 5.97 Å². The van der Waals surface area contributed by atoms with Gasteiger partial charge in [0, 0.05) is 25.2 Å². The van der Waals surface area contributed by atoms with Gasteiger partial charge in [-0.2, -0.15) is 0 Å². The second-order valence-electron chi connectivity index (χ2n) is 10.3. The van der Waals surface area contributed by atoms with E-state index in [0.717, 1.165) is 44.9 Å². The predicted octanol–water partition coefficient (Wildman–Crippen LogP) is 3.59. The highest BCUT2D eigenvalue weighted by Crippen LogP contribution is 2.68. The zero-order valence-corrected chi connectivity index (χ0v) is 17.4. The van der Waals surface area contributed by atoms with Gasteiger partial charge in [0.05, 0.1) is 19.3 Å². The monoisotopic (exact) mass is 390 g/mol. The minimum atomic E-state index is -0.430. The van der Waals surface area contributed by atoms with Crippen LogP contribution >= 0.6 is 0 Å². The van der Waals surface area contributed by atoms with Gasteiger partial charge in [0.1, 0.15) is 6.10 Å². The van der Waals surface area contributed by atoms with Crippen LogP contribution in [0.3, 0.4) is 0 Å². The van der Waals surface area contributed by atoms with Crippen LogP contribution in [0.25, 0.3) is 0 Å². The second kappa shape index (κ2) is 6.29. The summed E-state index contributed by atoms with van der Waals surface area (Å²) < 4.78 is 17.9. The van der Waals surface area contributed by atoms with Gasteiger partial charge in [-0.05, 0) is 55.3 Å². The minimum Gasteiger partial charge on any atom is -0.462 e. The number of fused-ring (bicyclic) bond motifs is 6. The summed E-state index contributed by atoms with van der Waals surface area (Å²) in [4.78, 5) is 11.4. The Morgan fingerprint density at radius 1 is 1.11 bits per heavy atom. The highest BCUT2D eigenvalue weighted by atomic mass is 16.7. The number of esters is 1. The average Bonchev–Trinajstić information content (AvgIpc) is 3.23. The quantitative estimate of drug-likeness (QED) is 0.547. The summed E-state index contributed by atoms with van der Waals surface area (Å²) in [5.74, 6) is 0.547. The number of carbonyl (C=O) groups is 1.